The molecule has 0 saturated heterocycles. The lowest BCUT2D eigenvalue weighted by atomic mass is 10.2. The van der Waals surface area contributed by atoms with Crippen LogP contribution >= 0.6 is 11.8 Å². The monoisotopic (exact) mass is 323 g/mol. The summed E-state index contributed by atoms with van der Waals surface area (Å²) in [5, 5.41) is 1.04. The van der Waals surface area contributed by atoms with Crippen molar-refractivity contribution in [3.8, 4) is 11.3 Å². The van der Waals surface area contributed by atoms with E-state index in [1.165, 1.54) is 16.8 Å². The zero-order valence-corrected chi connectivity index (χ0v) is 14.5. The van der Waals surface area contributed by atoms with Crippen LogP contribution in [-0.2, 0) is 12.8 Å². The second-order valence-corrected chi connectivity index (χ2v) is 6.61. The Balaban J connectivity index is 1.79. The van der Waals surface area contributed by atoms with Crippen molar-refractivity contribution in [2.24, 2.45) is 7.05 Å². The topological polar surface area (TPSA) is 21.1 Å². The highest BCUT2D eigenvalue weighted by Gasteiger charge is 2.10. The van der Waals surface area contributed by atoms with E-state index in [9.17, 15) is 0 Å². The SMILES string of the molecule is CN(C)c1ccccc1CSc1ncc(-c2ccccc2)n1C. The molecule has 23 heavy (non-hydrogen) atoms. The Morgan fingerprint density at radius 2 is 1.70 bits per heavy atom. The number of thioether (sulfide) groups is 1. The molecule has 0 spiro atoms. The molecule has 3 aromatic rings. The molecule has 2 aromatic carbocycles. The quantitative estimate of drug-likeness (QED) is 0.648. The summed E-state index contributed by atoms with van der Waals surface area (Å²) in [5.74, 6) is 0.910. The summed E-state index contributed by atoms with van der Waals surface area (Å²) >= 11 is 1.77. The summed E-state index contributed by atoms with van der Waals surface area (Å²) in [7, 11) is 6.24. The molecule has 0 fully saturated rings. The van der Waals surface area contributed by atoms with Gasteiger partial charge in [-0.05, 0) is 17.2 Å². The Kier molecular flexibility index (Phi) is 4.72. The smallest absolute Gasteiger partial charge is 0.168 e. The highest BCUT2D eigenvalue weighted by Crippen LogP contribution is 2.29. The number of rotatable bonds is 5. The number of hydrogen-bond acceptors (Lipinski definition) is 3. The Morgan fingerprint density at radius 1 is 1.00 bits per heavy atom. The fourth-order valence-electron chi connectivity index (χ4n) is 2.62. The van der Waals surface area contributed by atoms with Crippen LogP contribution in [0.25, 0.3) is 11.3 Å². The minimum atomic E-state index is 0.910. The van der Waals surface area contributed by atoms with Gasteiger partial charge in [0.25, 0.3) is 0 Å². The van der Waals surface area contributed by atoms with E-state index >= 15 is 0 Å². The second-order valence-electron chi connectivity index (χ2n) is 5.66. The molecule has 0 radical (unpaired) electrons. The minimum absolute atomic E-state index is 0.910. The van der Waals surface area contributed by atoms with Crippen molar-refractivity contribution < 1.29 is 0 Å². The van der Waals surface area contributed by atoms with Crippen LogP contribution in [0.1, 0.15) is 5.56 Å². The van der Waals surface area contributed by atoms with Gasteiger partial charge in [0.2, 0.25) is 0 Å². The molecule has 0 atom stereocenters. The number of anilines is 1. The van der Waals surface area contributed by atoms with Crippen molar-refractivity contribution in [1.29, 1.82) is 0 Å². The van der Waals surface area contributed by atoms with Gasteiger partial charge >= 0.3 is 0 Å². The summed E-state index contributed by atoms with van der Waals surface area (Å²) in [6.07, 6.45) is 1.95. The molecule has 1 heterocycles. The first-order chi connectivity index (χ1) is 11.2. The molecule has 3 rings (SSSR count). The second kappa shape index (κ2) is 6.92. The first-order valence-electron chi connectivity index (χ1n) is 7.62. The minimum Gasteiger partial charge on any atom is -0.377 e. The maximum Gasteiger partial charge on any atom is 0.168 e. The molecule has 0 aliphatic heterocycles. The average Bonchev–Trinajstić information content (AvgIpc) is 2.94. The van der Waals surface area contributed by atoms with Crippen molar-refractivity contribution in [1.82, 2.24) is 9.55 Å². The Morgan fingerprint density at radius 3 is 2.43 bits per heavy atom. The van der Waals surface area contributed by atoms with E-state index in [-0.39, 0.29) is 0 Å². The molecule has 4 heteroatoms. The van der Waals surface area contributed by atoms with Gasteiger partial charge in [-0.3, -0.25) is 0 Å². The van der Waals surface area contributed by atoms with Crippen LogP contribution in [0, 0.1) is 0 Å². The van der Waals surface area contributed by atoms with Crippen molar-refractivity contribution in [2.75, 3.05) is 19.0 Å². The average molecular weight is 323 g/mol. The van der Waals surface area contributed by atoms with Gasteiger partial charge in [-0.15, -0.1) is 0 Å². The molecular weight excluding hydrogens is 302 g/mol. The van der Waals surface area contributed by atoms with Crippen molar-refractivity contribution >= 4 is 17.4 Å². The van der Waals surface area contributed by atoms with Crippen molar-refractivity contribution in [3.63, 3.8) is 0 Å². The molecule has 1 aromatic heterocycles. The summed E-state index contributed by atoms with van der Waals surface area (Å²) in [4.78, 5) is 6.75. The normalized spacial score (nSPS) is 10.7. The van der Waals surface area contributed by atoms with Crippen LogP contribution in [-0.4, -0.2) is 23.6 Å². The van der Waals surface area contributed by atoms with E-state index in [1.807, 2.05) is 12.3 Å². The summed E-state index contributed by atoms with van der Waals surface area (Å²) in [5.41, 5.74) is 4.93. The standard InChI is InChI=1S/C19H21N3S/c1-21(2)17-12-8-7-11-16(17)14-23-19-20-13-18(22(19)3)15-9-5-4-6-10-15/h4-13H,14H2,1-3H3. The number of nitrogens with zero attached hydrogens (tertiary/aromatic N) is 3. The highest BCUT2D eigenvalue weighted by atomic mass is 32.2. The lowest BCUT2D eigenvalue weighted by molar-refractivity contribution is 0.796. The van der Waals surface area contributed by atoms with Gasteiger partial charge in [-0.2, -0.15) is 0 Å². The molecule has 0 bridgehead atoms. The lowest BCUT2D eigenvalue weighted by Crippen LogP contribution is -2.10. The lowest BCUT2D eigenvalue weighted by Gasteiger charge is -2.17. The molecule has 3 nitrogen and oxygen atoms in total. The highest BCUT2D eigenvalue weighted by molar-refractivity contribution is 7.98. The largest absolute Gasteiger partial charge is 0.377 e. The van der Waals surface area contributed by atoms with E-state index in [2.05, 4.69) is 84.1 Å². The van der Waals surface area contributed by atoms with Crippen LogP contribution in [0.3, 0.4) is 0 Å². The van der Waals surface area contributed by atoms with E-state index in [0.29, 0.717) is 0 Å². The van der Waals surface area contributed by atoms with Crippen LogP contribution in [0.2, 0.25) is 0 Å². The molecule has 0 aliphatic rings. The number of imidazole rings is 1. The van der Waals surface area contributed by atoms with E-state index < -0.39 is 0 Å². The van der Waals surface area contributed by atoms with Crippen LogP contribution in [0.4, 0.5) is 5.69 Å². The molecular formula is C19H21N3S. The van der Waals surface area contributed by atoms with Gasteiger partial charge in [0.15, 0.2) is 5.16 Å². The molecule has 0 saturated carbocycles. The summed E-state index contributed by atoms with van der Waals surface area (Å²) < 4.78 is 2.16. The van der Waals surface area contributed by atoms with E-state index in [1.54, 1.807) is 11.8 Å². The zero-order valence-electron chi connectivity index (χ0n) is 13.7. The third-order valence-electron chi connectivity index (χ3n) is 3.85. The maximum absolute atomic E-state index is 4.59. The van der Waals surface area contributed by atoms with Crippen LogP contribution in [0.15, 0.2) is 66.0 Å². The third-order valence-corrected chi connectivity index (χ3v) is 4.94. The number of para-hydroxylation sites is 1. The van der Waals surface area contributed by atoms with E-state index in [0.717, 1.165) is 16.6 Å². The van der Waals surface area contributed by atoms with Crippen LogP contribution < -0.4 is 4.90 Å². The predicted octanol–water partition coefficient (Wildman–Crippen LogP) is 4.45. The number of benzene rings is 2. The summed E-state index contributed by atoms with van der Waals surface area (Å²) in [6.45, 7) is 0. The molecule has 0 aliphatic carbocycles. The van der Waals surface area contributed by atoms with E-state index in [4.69, 9.17) is 0 Å². The third kappa shape index (κ3) is 3.42. The van der Waals surface area contributed by atoms with Crippen molar-refractivity contribution in [2.45, 2.75) is 10.9 Å². The van der Waals surface area contributed by atoms with Gasteiger partial charge in [-0.25, -0.2) is 4.98 Å². The van der Waals surface area contributed by atoms with Gasteiger partial charge in [0.1, 0.15) is 0 Å². The molecule has 0 unspecified atom stereocenters. The Labute approximate surface area is 142 Å². The first kappa shape index (κ1) is 15.7. The van der Waals surface area contributed by atoms with Gasteiger partial charge < -0.3 is 9.47 Å². The van der Waals surface area contributed by atoms with Crippen molar-refractivity contribution in [3.05, 3.63) is 66.4 Å². The fourth-order valence-corrected chi connectivity index (χ4v) is 3.56. The Bertz CT molecular complexity index is 778. The number of aromatic nitrogens is 2. The predicted molar refractivity (Wildman–Crippen MR) is 99.0 cm³/mol. The molecule has 0 N–H and O–H groups in total. The fraction of sp³-hybridized carbons (Fsp3) is 0.211. The van der Waals surface area contributed by atoms with Gasteiger partial charge in [0.05, 0.1) is 11.9 Å². The first-order valence-corrected chi connectivity index (χ1v) is 8.60. The molecule has 118 valence electrons. The maximum atomic E-state index is 4.59. The Hall–Kier alpha value is -2.20. The number of hydrogen-bond donors (Lipinski definition) is 0. The zero-order chi connectivity index (χ0) is 16.2. The van der Waals surface area contributed by atoms with Gasteiger partial charge in [0, 0.05) is 32.6 Å². The molecule has 0 amide bonds. The van der Waals surface area contributed by atoms with Crippen LogP contribution in [0.5, 0.6) is 0 Å². The van der Waals surface area contributed by atoms with Gasteiger partial charge in [-0.1, -0.05) is 60.3 Å². The summed E-state index contributed by atoms with van der Waals surface area (Å²) in [6, 6.07) is 18.9.